The predicted molar refractivity (Wildman–Crippen MR) is 102 cm³/mol. The molecule has 1 heterocycles. The van der Waals surface area contributed by atoms with Gasteiger partial charge in [0.25, 0.3) is 0 Å². The third-order valence-electron chi connectivity index (χ3n) is 5.11. The van der Waals surface area contributed by atoms with E-state index in [4.69, 9.17) is 37.4 Å². The predicted octanol–water partition coefficient (Wildman–Crippen LogP) is 4.75. The lowest BCUT2D eigenvalue weighted by Crippen LogP contribution is -2.47. The van der Waals surface area contributed by atoms with Crippen molar-refractivity contribution in [2.45, 2.75) is 48.9 Å². The molecule has 2 aromatic carbocycles. The summed E-state index contributed by atoms with van der Waals surface area (Å²) in [5.41, 5.74) is 2.22. The Hall–Kier alpha value is -1.10. The number of ether oxygens (including phenoxy) is 3. The van der Waals surface area contributed by atoms with Gasteiger partial charge in [0.15, 0.2) is 4.33 Å². The third-order valence-corrected chi connectivity index (χ3v) is 6.05. The van der Waals surface area contributed by atoms with E-state index in [-0.39, 0.29) is 30.3 Å². The van der Waals surface area contributed by atoms with E-state index in [0.29, 0.717) is 13.2 Å². The first-order chi connectivity index (χ1) is 12.6. The molecule has 0 bridgehead atoms. The lowest BCUT2D eigenvalue weighted by molar-refractivity contribution is -0.182. The largest absolute Gasteiger partial charge is 0.370 e. The van der Waals surface area contributed by atoms with E-state index in [1.54, 1.807) is 0 Å². The molecule has 1 saturated heterocycles. The molecule has 5 heteroatoms. The summed E-state index contributed by atoms with van der Waals surface area (Å²) in [6.45, 7) is 2.99. The van der Waals surface area contributed by atoms with Crippen LogP contribution in [0.2, 0.25) is 0 Å². The van der Waals surface area contributed by atoms with E-state index in [1.165, 1.54) is 0 Å². The second-order valence-electron chi connectivity index (χ2n) is 6.98. The third kappa shape index (κ3) is 3.64. The van der Waals surface area contributed by atoms with Gasteiger partial charge in [-0.2, -0.15) is 0 Å². The van der Waals surface area contributed by atoms with E-state index in [1.807, 2.05) is 67.6 Å². The standard InChI is InChI=1S/C21H22Cl2O3/c1-14-18(24-12-15-8-4-2-5-9-15)19(17-20(26-14)21(17,22)23)25-13-16-10-6-3-7-11-16/h2-11,14,17-20H,12-13H2,1H3/t14-,17-,18-,19-,20+/m0/s1. The van der Waals surface area contributed by atoms with Crippen LogP contribution in [0.4, 0.5) is 0 Å². The molecule has 138 valence electrons. The molecule has 0 unspecified atom stereocenters. The zero-order chi connectivity index (χ0) is 18.1. The maximum Gasteiger partial charge on any atom is 0.152 e. The van der Waals surface area contributed by atoms with Crippen molar-refractivity contribution in [2.75, 3.05) is 0 Å². The molecule has 26 heavy (non-hydrogen) atoms. The summed E-state index contributed by atoms with van der Waals surface area (Å²) in [6.07, 6.45) is -0.763. The molecule has 1 aliphatic heterocycles. The van der Waals surface area contributed by atoms with Crippen LogP contribution in [0.25, 0.3) is 0 Å². The van der Waals surface area contributed by atoms with E-state index in [2.05, 4.69) is 0 Å². The molecule has 4 rings (SSSR count). The smallest absolute Gasteiger partial charge is 0.152 e. The second kappa shape index (κ2) is 7.49. The first-order valence-corrected chi connectivity index (χ1v) is 9.67. The molecule has 2 fully saturated rings. The molecular formula is C21H22Cl2O3. The fourth-order valence-electron chi connectivity index (χ4n) is 3.63. The summed E-state index contributed by atoms with van der Waals surface area (Å²) in [5.74, 6) is -0.0773. The monoisotopic (exact) mass is 392 g/mol. The second-order valence-corrected chi connectivity index (χ2v) is 8.43. The number of rotatable bonds is 6. The molecule has 0 radical (unpaired) electrons. The number of alkyl halides is 2. The number of fused-ring (bicyclic) bond motifs is 1. The maximum absolute atomic E-state index is 6.44. The number of halogens is 2. The number of benzene rings is 2. The zero-order valence-corrected chi connectivity index (χ0v) is 16.1. The molecule has 5 atom stereocenters. The van der Waals surface area contributed by atoms with Crippen molar-refractivity contribution in [3.05, 3.63) is 71.8 Å². The van der Waals surface area contributed by atoms with Crippen molar-refractivity contribution in [2.24, 2.45) is 5.92 Å². The van der Waals surface area contributed by atoms with Gasteiger partial charge in [-0.3, -0.25) is 0 Å². The number of hydrogen-bond acceptors (Lipinski definition) is 3. The SMILES string of the molecule is C[C@@H]1O[C@@H]2[C@H]([C@H](OCc3ccccc3)[C@H]1OCc1ccccc1)C2(Cl)Cl. The maximum atomic E-state index is 6.44. The van der Waals surface area contributed by atoms with Crippen LogP contribution >= 0.6 is 23.2 Å². The summed E-state index contributed by atoms with van der Waals surface area (Å²) in [6, 6.07) is 20.2. The van der Waals surface area contributed by atoms with E-state index < -0.39 is 4.33 Å². The Labute approximate surface area is 164 Å². The summed E-state index contributed by atoms with van der Waals surface area (Å²) in [7, 11) is 0. The Kier molecular flexibility index (Phi) is 5.27. The Balaban J connectivity index is 1.47. The normalized spacial score (nSPS) is 32.0. The molecule has 0 N–H and O–H groups in total. The van der Waals surface area contributed by atoms with Crippen molar-refractivity contribution in [3.8, 4) is 0 Å². The first kappa shape index (κ1) is 18.3. The Morgan fingerprint density at radius 3 is 1.88 bits per heavy atom. The molecule has 0 spiro atoms. The van der Waals surface area contributed by atoms with E-state index in [0.717, 1.165) is 11.1 Å². The van der Waals surface area contributed by atoms with E-state index in [9.17, 15) is 0 Å². The van der Waals surface area contributed by atoms with Crippen LogP contribution in [0.5, 0.6) is 0 Å². The Morgan fingerprint density at radius 2 is 1.35 bits per heavy atom. The summed E-state index contributed by atoms with van der Waals surface area (Å²) in [4.78, 5) is 0. The van der Waals surface area contributed by atoms with Crippen LogP contribution in [-0.4, -0.2) is 28.7 Å². The minimum absolute atomic E-state index is 0.0773. The van der Waals surface area contributed by atoms with Gasteiger partial charge in [0.1, 0.15) is 6.10 Å². The lowest BCUT2D eigenvalue weighted by atomic mass is 10.0. The highest BCUT2D eigenvalue weighted by Gasteiger charge is 2.72. The summed E-state index contributed by atoms with van der Waals surface area (Å²) >= 11 is 12.9. The van der Waals surface area contributed by atoms with E-state index >= 15 is 0 Å². The van der Waals surface area contributed by atoms with Gasteiger partial charge in [0.05, 0.1) is 37.4 Å². The van der Waals surface area contributed by atoms with Crippen LogP contribution in [0.1, 0.15) is 18.1 Å². The highest BCUT2D eigenvalue weighted by Crippen LogP contribution is 2.61. The summed E-state index contributed by atoms with van der Waals surface area (Å²) < 4.78 is 17.5. The van der Waals surface area contributed by atoms with Gasteiger partial charge in [-0.25, -0.2) is 0 Å². The fourth-order valence-corrected chi connectivity index (χ4v) is 4.36. The number of hydrogen-bond donors (Lipinski definition) is 0. The minimum Gasteiger partial charge on any atom is -0.370 e. The van der Waals surface area contributed by atoms with Gasteiger partial charge in [-0.1, -0.05) is 83.9 Å². The van der Waals surface area contributed by atoms with Gasteiger partial charge < -0.3 is 14.2 Å². The van der Waals surface area contributed by atoms with Gasteiger partial charge in [-0.15, -0.1) is 0 Å². The minimum atomic E-state index is -0.902. The Bertz CT molecular complexity index is 723. The van der Waals surface area contributed by atoms with Crippen molar-refractivity contribution in [1.82, 2.24) is 0 Å². The summed E-state index contributed by atoms with van der Waals surface area (Å²) in [5, 5.41) is 0. The molecule has 0 amide bonds. The van der Waals surface area contributed by atoms with Crippen LogP contribution in [0.3, 0.4) is 0 Å². The van der Waals surface area contributed by atoms with Crippen molar-refractivity contribution in [1.29, 1.82) is 0 Å². The van der Waals surface area contributed by atoms with Crippen molar-refractivity contribution >= 4 is 23.2 Å². The average molecular weight is 393 g/mol. The topological polar surface area (TPSA) is 27.7 Å². The van der Waals surface area contributed by atoms with Crippen LogP contribution < -0.4 is 0 Å². The first-order valence-electron chi connectivity index (χ1n) is 8.91. The molecular weight excluding hydrogens is 371 g/mol. The van der Waals surface area contributed by atoms with Crippen LogP contribution in [-0.2, 0) is 27.4 Å². The average Bonchev–Trinajstić information content (AvgIpc) is 3.20. The molecule has 1 aliphatic carbocycles. The van der Waals surface area contributed by atoms with Gasteiger partial charge in [-0.05, 0) is 18.1 Å². The van der Waals surface area contributed by atoms with Crippen molar-refractivity contribution < 1.29 is 14.2 Å². The van der Waals surface area contributed by atoms with Crippen LogP contribution in [0.15, 0.2) is 60.7 Å². The molecule has 0 aromatic heterocycles. The van der Waals surface area contributed by atoms with Crippen LogP contribution in [0, 0.1) is 5.92 Å². The fraction of sp³-hybridized carbons (Fsp3) is 0.429. The molecule has 1 saturated carbocycles. The quantitative estimate of drug-likeness (QED) is 0.663. The highest BCUT2D eigenvalue weighted by molar-refractivity contribution is 6.51. The zero-order valence-electron chi connectivity index (χ0n) is 14.6. The van der Waals surface area contributed by atoms with Gasteiger partial charge in [0.2, 0.25) is 0 Å². The molecule has 2 aromatic rings. The highest BCUT2D eigenvalue weighted by atomic mass is 35.5. The Morgan fingerprint density at radius 1 is 0.846 bits per heavy atom. The molecule has 3 nitrogen and oxygen atoms in total. The lowest BCUT2D eigenvalue weighted by Gasteiger charge is -2.35. The van der Waals surface area contributed by atoms with Crippen molar-refractivity contribution in [3.63, 3.8) is 0 Å². The molecule has 2 aliphatic rings. The van der Waals surface area contributed by atoms with Gasteiger partial charge >= 0.3 is 0 Å². The van der Waals surface area contributed by atoms with Gasteiger partial charge in [0, 0.05) is 0 Å².